The minimum atomic E-state index is -0.915. The van der Waals surface area contributed by atoms with Gasteiger partial charge in [0.2, 0.25) is 0 Å². The average molecular weight is 394 g/mol. The number of thioether (sulfide) groups is 1. The fourth-order valence-electron chi connectivity index (χ4n) is 2.13. The van der Waals surface area contributed by atoms with Gasteiger partial charge in [0.25, 0.3) is 5.91 Å². The summed E-state index contributed by atoms with van der Waals surface area (Å²) >= 11 is 6.98. The quantitative estimate of drug-likeness (QED) is 0.685. The Bertz CT molecular complexity index is 766. The second kappa shape index (κ2) is 9.50. The van der Waals surface area contributed by atoms with Gasteiger partial charge in [-0.15, -0.1) is 11.8 Å². The molecule has 0 heterocycles. The smallest absolute Gasteiger partial charge is 0.316 e. The zero-order chi connectivity index (χ0) is 19.1. The second-order valence-electron chi connectivity index (χ2n) is 5.62. The van der Waals surface area contributed by atoms with Crippen LogP contribution >= 0.6 is 23.4 Å². The van der Waals surface area contributed by atoms with E-state index in [1.54, 1.807) is 67.4 Å². The number of nitrogens with zero attached hydrogens (tertiary/aromatic N) is 1. The molecule has 0 spiro atoms. The third-order valence-corrected chi connectivity index (χ3v) is 5.04. The highest BCUT2D eigenvalue weighted by Crippen LogP contribution is 2.27. The summed E-state index contributed by atoms with van der Waals surface area (Å²) in [4.78, 5) is 26.0. The summed E-state index contributed by atoms with van der Waals surface area (Å²) in [6, 6.07) is 14.0. The van der Waals surface area contributed by atoms with Crippen LogP contribution in [0.1, 0.15) is 17.3 Å². The van der Waals surface area contributed by atoms with Crippen LogP contribution < -0.4 is 4.74 Å². The number of benzene rings is 2. The number of carboxylic acids is 1. The zero-order valence-electron chi connectivity index (χ0n) is 14.5. The van der Waals surface area contributed by atoms with Crippen LogP contribution in [0.4, 0.5) is 0 Å². The lowest BCUT2D eigenvalue weighted by Gasteiger charge is -2.19. The molecule has 1 unspecified atom stereocenters. The third-order valence-electron chi connectivity index (χ3n) is 3.62. The minimum Gasteiger partial charge on any atom is -0.492 e. The molecule has 26 heavy (non-hydrogen) atoms. The number of aliphatic carboxylic acids is 1. The Labute approximate surface area is 161 Å². The van der Waals surface area contributed by atoms with Gasteiger partial charge in [-0.2, -0.15) is 0 Å². The highest BCUT2D eigenvalue weighted by atomic mass is 35.5. The maximum absolute atomic E-state index is 12.7. The predicted octanol–water partition coefficient (Wildman–Crippen LogP) is 4.06. The molecule has 2 aromatic rings. The molecule has 0 aliphatic heterocycles. The number of carbonyl (C=O) groups is 2. The number of rotatable bonds is 8. The van der Waals surface area contributed by atoms with Crippen LogP contribution in [-0.4, -0.2) is 47.3 Å². The molecule has 1 amide bonds. The lowest BCUT2D eigenvalue weighted by Crippen LogP contribution is -2.31. The van der Waals surface area contributed by atoms with E-state index >= 15 is 0 Å². The Morgan fingerprint density at radius 3 is 2.50 bits per heavy atom. The van der Waals surface area contributed by atoms with Crippen LogP contribution in [0.15, 0.2) is 53.4 Å². The van der Waals surface area contributed by atoms with E-state index in [1.807, 2.05) is 0 Å². The van der Waals surface area contributed by atoms with Gasteiger partial charge >= 0.3 is 5.97 Å². The molecule has 0 bridgehead atoms. The highest BCUT2D eigenvalue weighted by molar-refractivity contribution is 8.00. The van der Waals surface area contributed by atoms with Crippen LogP contribution in [0.3, 0.4) is 0 Å². The van der Waals surface area contributed by atoms with Gasteiger partial charge in [0.15, 0.2) is 0 Å². The topological polar surface area (TPSA) is 66.8 Å². The van der Waals surface area contributed by atoms with Crippen LogP contribution in [-0.2, 0) is 4.79 Å². The molecule has 0 radical (unpaired) electrons. The SMILES string of the molecule is CC(Sc1ccccc1C(=O)N(C)CCOc1ccc(Cl)cc1)C(=O)O. The largest absolute Gasteiger partial charge is 0.492 e. The van der Waals surface area contributed by atoms with Crippen LogP contribution in [0.5, 0.6) is 5.75 Å². The normalized spacial score (nSPS) is 11.7. The maximum atomic E-state index is 12.7. The van der Waals surface area contributed by atoms with E-state index < -0.39 is 11.2 Å². The molecule has 7 heteroatoms. The summed E-state index contributed by atoms with van der Waals surface area (Å²) in [5.41, 5.74) is 0.486. The summed E-state index contributed by atoms with van der Waals surface area (Å²) in [6.07, 6.45) is 0. The predicted molar refractivity (Wildman–Crippen MR) is 103 cm³/mol. The molecule has 2 rings (SSSR count). The first-order valence-corrected chi connectivity index (χ1v) is 9.26. The van der Waals surface area contributed by atoms with Crippen molar-refractivity contribution in [1.82, 2.24) is 4.90 Å². The van der Waals surface area contributed by atoms with E-state index in [1.165, 1.54) is 0 Å². The van der Waals surface area contributed by atoms with Crippen molar-refractivity contribution >= 4 is 35.2 Å². The van der Waals surface area contributed by atoms with Gasteiger partial charge in [-0.05, 0) is 43.3 Å². The van der Waals surface area contributed by atoms with Crippen LogP contribution in [0.2, 0.25) is 5.02 Å². The van der Waals surface area contributed by atoms with E-state index in [2.05, 4.69) is 0 Å². The first-order valence-electron chi connectivity index (χ1n) is 8.01. The van der Waals surface area contributed by atoms with Gasteiger partial charge in [0, 0.05) is 17.0 Å². The maximum Gasteiger partial charge on any atom is 0.316 e. The van der Waals surface area contributed by atoms with E-state index in [0.29, 0.717) is 34.4 Å². The molecule has 0 fully saturated rings. The van der Waals surface area contributed by atoms with Crippen LogP contribution in [0, 0.1) is 0 Å². The van der Waals surface area contributed by atoms with E-state index in [9.17, 15) is 9.59 Å². The molecule has 138 valence electrons. The van der Waals surface area contributed by atoms with Crippen molar-refractivity contribution in [1.29, 1.82) is 0 Å². The van der Waals surface area contributed by atoms with E-state index in [0.717, 1.165) is 11.8 Å². The summed E-state index contributed by atoms with van der Waals surface area (Å²) in [6.45, 7) is 2.33. The molecule has 5 nitrogen and oxygen atoms in total. The van der Waals surface area contributed by atoms with Crippen molar-refractivity contribution in [2.24, 2.45) is 0 Å². The summed E-state index contributed by atoms with van der Waals surface area (Å²) < 4.78 is 5.61. The monoisotopic (exact) mass is 393 g/mol. The summed E-state index contributed by atoms with van der Waals surface area (Å²) in [5.74, 6) is -0.408. The zero-order valence-corrected chi connectivity index (χ0v) is 16.1. The molecule has 0 saturated carbocycles. The first kappa shape index (κ1) is 20.1. The van der Waals surface area contributed by atoms with Crippen molar-refractivity contribution in [3.8, 4) is 5.75 Å². The third kappa shape index (κ3) is 5.68. The molecular weight excluding hydrogens is 374 g/mol. The highest BCUT2D eigenvalue weighted by Gasteiger charge is 2.19. The van der Waals surface area contributed by atoms with Gasteiger partial charge in [0.1, 0.15) is 17.6 Å². The summed E-state index contributed by atoms with van der Waals surface area (Å²) in [7, 11) is 1.69. The van der Waals surface area contributed by atoms with Crippen LogP contribution in [0.25, 0.3) is 0 Å². The Kier molecular flexibility index (Phi) is 7.36. The number of carboxylic acid groups (broad SMARTS) is 1. The van der Waals surface area contributed by atoms with Crippen molar-refractivity contribution in [2.75, 3.05) is 20.2 Å². The van der Waals surface area contributed by atoms with Crippen molar-refractivity contribution in [3.05, 3.63) is 59.1 Å². The van der Waals surface area contributed by atoms with E-state index in [-0.39, 0.29) is 5.91 Å². The average Bonchev–Trinajstić information content (AvgIpc) is 2.63. The molecule has 0 aliphatic carbocycles. The van der Waals surface area contributed by atoms with E-state index in [4.69, 9.17) is 21.4 Å². The molecule has 0 saturated heterocycles. The lowest BCUT2D eigenvalue weighted by molar-refractivity contribution is -0.136. The van der Waals surface area contributed by atoms with Gasteiger partial charge in [0.05, 0.1) is 12.1 Å². The Balaban J connectivity index is 1.97. The molecule has 0 aromatic heterocycles. The van der Waals surface area contributed by atoms with Gasteiger partial charge < -0.3 is 14.7 Å². The molecule has 2 aromatic carbocycles. The molecule has 1 N–H and O–H groups in total. The molecule has 0 aliphatic rings. The fraction of sp³-hybridized carbons (Fsp3) is 0.263. The standard InChI is InChI=1S/C19H20ClNO4S/c1-13(19(23)24)26-17-6-4-3-5-16(17)18(22)21(2)11-12-25-15-9-7-14(20)8-10-15/h3-10,13H,11-12H2,1-2H3,(H,23,24). The van der Waals surface area contributed by atoms with Gasteiger partial charge in [-0.3, -0.25) is 9.59 Å². The number of hydrogen-bond acceptors (Lipinski definition) is 4. The lowest BCUT2D eigenvalue weighted by atomic mass is 10.2. The number of halogens is 1. The van der Waals surface area contributed by atoms with Gasteiger partial charge in [-0.1, -0.05) is 23.7 Å². The number of likely N-dealkylation sites (N-methyl/N-ethyl adjacent to an activating group) is 1. The molecular formula is C19H20ClNO4S. The minimum absolute atomic E-state index is 0.176. The van der Waals surface area contributed by atoms with Gasteiger partial charge in [-0.25, -0.2) is 0 Å². The molecule has 1 atom stereocenters. The fourth-order valence-corrected chi connectivity index (χ4v) is 3.17. The first-order chi connectivity index (χ1) is 12.4. The number of carbonyl (C=O) groups excluding carboxylic acids is 1. The van der Waals surface area contributed by atoms with Crippen molar-refractivity contribution in [2.45, 2.75) is 17.1 Å². The number of amides is 1. The van der Waals surface area contributed by atoms with Crippen molar-refractivity contribution in [3.63, 3.8) is 0 Å². The summed E-state index contributed by atoms with van der Waals surface area (Å²) in [5, 5.41) is 9.08. The second-order valence-corrected chi connectivity index (χ2v) is 7.44. The number of ether oxygens (including phenoxy) is 1. The number of hydrogen-bond donors (Lipinski definition) is 1. The Morgan fingerprint density at radius 1 is 1.19 bits per heavy atom. The van der Waals surface area contributed by atoms with Crippen molar-refractivity contribution < 1.29 is 19.4 Å². The Hall–Kier alpha value is -2.18. The Morgan fingerprint density at radius 2 is 1.85 bits per heavy atom.